The fourth-order valence-electron chi connectivity index (χ4n) is 1.02. The Morgan fingerprint density at radius 3 is 2.60 bits per heavy atom. The van der Waals surface area contributed by atoms with Gasteiger partial charge in [-0.15, -0.1) is 0 Å². The van der Waals surface area contributed by atoms with Gasteiger partial charge in [-0.05, 0) is 28.7 Å². The van der Waals surface area contributed by atoms with E-state index in [1.807, 2.05) is 22.6 Å². The van der Waals surface area contributed by atoms with Crippen molar-refractivity contribution in [1.82, 2.24) is 19.7 Å². The number of carboxylic acid groups (broad SMARTS) is 1. The van der Waals surface area contributed by atoms with E-state index in [-0.39, 0.29) is 5.56 Å². The van der Waals surface area contributed by atoms with Gasteiger partial charge in [0.2, 0.25) is 0 Å². The third-order valence-electron chi connectivity index (χ3n) is 1.68. The maximum absolute atomic E-state index is 10.8. The lowest BCUT2D eigenvalue weighted by molar-refractivity contribution is 0.0695. The third-order valence-corrected chi connectivity index (χ3v) is 2.72. The first-order chi connectivity index (χ1) is 7.20. The summed E-state index contributed by atoms with van der Waals surface area (Å²) in [7, 11) is 0. The summed E-state index contributed by atoms with van der Waals surface area (Å²) in [5, 5.41) is 12.7. The molecule has 0 atom stereocenters. The molecule has 0 unspecified atom stereocenters. The highest BCUT2D eigenvalue weighted by molar-refractivity contribution is 14.1. The van der Waals surface area contributed by atoms with Gasteiger partial charge in [-0.3, -0.25) is 0 Å². The van der Waals surface area contributed by atoms with Crippen LogP contribution in [0, 0.1) is 3.70 Å². The summed E-state index contributed by atoms with van der Waals surface area (Å²) in [4.78, 5) is 18.7. The van der Waals surface area contributed by atoms with E-state index in [9.17, 15) is 4.79 Å². The topological polar surface area (TPSA) is 80.9 Å². The summed E-state index contributed by atoms with van der Waals surface area (Å²) in [6.07, 6.45) is 4.42. The van der Waals surface area contributed by atoms with Crippen molar-refractivity contribution in [2.24, 2.45) is 0 Å². The number of aromatic nitrogens is 4. The van der Waals surface area contributed by atoms with Crippen LogP contribution >= 0.6 is 22.6 Å². The molecule has 0 aliphatic heterocycles. The molecule has 0 fully saturated rings. The molecule has 1 N–H and O–H groups in total. The zero-order valence-electron chi connectivity index (χ0n) is 7.33. The first-order valence-corrected chi connectivity index (χ1v) is 5.02. The number of hydrogen-bond donors (Lipinski definition) is 1. The number of nitrogens with zero attached hydrogens (tertiary/aromatic N) is 4. The molecule has 0 saturated carbocycles. The standard InChI is InChI=1S/C8H5IN4O2/c9-6-5(7(14)15)4-12-13(6)8-10-2-1-3-11-8/h1-4H,(H,14,15). The monoisotopic (exact) mass is 316 g/mol. The van der Waals surface area contributed by atoms with E-state index in [1.54, 1.807) is 18.5 Å². The molecule has 0 radical (unpaired) electrons. The third kappa shape index (κ3) is 1.82. The van der Waals surface area contributed by atoms with E-state index in [1.165, 1.54) is 10.9 Å². The molecule has 0 aromatic carbocycles. The molecule has 0 bridgehead atoms. The lowest BCUT2D eigenvalue weighted by atomic mass is 10.4. The molecule has 0 aliphatic rings. The Morgan fingerprint density at radius 1 is 1.40 bits per heavy atom. The quantitative estimate of drug-likeness (QED) is 0.835. The summed E-state index contributed by atoms with van der Waals surface area (Å²) in [5.41, 5.74) is 0.142. The van der Waals surface area contributed by atoms with Crippen molar-refractivity contribution in [3.8, 4) is 5.95 Å². The lowest BCUT2D eigenvalue weighted by Gasteiger charge is -1.99. The summed E-state index contributed by atoms with van der Waals surface area (Å²) in [5.74, 6) is -0.656. The average Bonchev–Trinajstić information content (AvgIpc) is 2.61. The van der Waals surface area contributed by atoms with Gasteiger partial charge in [0.25, 0.3) is 5.95 Å². The van der Waals surface area contributed by atoms with E-state index >= 15 is 0 Å². The van der Waals surface area contributed by atoms with Crippen LogP contribution in [0.15, 0.2) is 24.7 Å². The van der Waals surface area contributed by atoms with E-state index in [0.717, 1.165) is 0 Å². The molecule has 0 aliphatic carbocycles. The summed E-state index contributed by atoms with van der Waals surface area (Å²) >= 11 is 1.89. The molecule has 0 saturated heterocycles. The van der Waals surface area contributed by atoms with Gasteiger partial charge in [0.1, 0.15) is 9.26 Å². The zero-order valence-corrected chi connectivity index (χ0v) is 9.49. The highest BCUT2D eigenvalue weighted by Crippen LogP contribution is 2.14. The molecule has 2 rings (SSSR count). The molecule has 0 amide bonds. The van der Waals surface area contributed by atoms with Crippen LogP contribution in [0.25, 0.3) is 5.95 Å². The van der Waals surface area contributed by atoms with E-state index in [4.69, 9.17) is 5.11 Å². The minimum absolute atomic E-state index is 0.142. The smallest absolute Gasteiger partial charge is 0.340 e. The van der Waals surface area contributed by atoms with Crippen LogP contribution < -0.4 is 0 Å². The average molecular weight is 316 g/mol. The fourth-order valence-corrected chi connectivity index (χ4v) is 1.73. The first-order valence-electron chi connectivity index (χ1n) is 3.94. The number of halogens is 1. The summed E-state index contributed by atoms with van der Waals surface area (Å²) in [6.45, 7) is 0. The molecule has 15 heavy (non-hydrogen) atoms. The SMILES string of the molecule is O=C(O)c1cnn(-c2ncccn2)c1I. The van der Waals surface area contributed by atoms with Crippen LogP contribution in [0.3, 0.4) is 0 Å². The largest absolute Gasteiger partial charge is 0.478 e. The fraction of sp³-hybridized carbons (Fsp3) is 0. The van der Waals surface area contributed by atoms with Crippen LogP contribution in [0.2, 0.25) is 0 Å². The Bertz CT molecular complexity index is 497. The highest BCUT2D eigenvalue weighted by Gasteiger charge is 2.15. The molecular weight excluding hydrogens is 311 g/mol. The zero-order chi connectivity index (χ0) is 10.8. The van der Waals surface area contributed by atoms with Crippen molar-refractivity contribution in [2.75, 3.05) is 0 Å². The molecule has 6 nitrogen and oxygen atoms in total. The maximum Gasteiger partial charge on any atom is 0.340 e. The maximum atomic E-state index is 10.8. The van der Waals surface area contributed by atoms with Gasteiger partial charge >= 0.3 is 5.97 Å². The van der Waals surface area contributed by atoms with Gasteiger partial charge in [0, 0.05) is 12.4 Å². The van der Waals surface area contributed by atoms with Gasteiger partial charge in [0.15, 0.2) is 0 Å². The van der Waals surface area contributed by atoms with E-state index < -0.39 is 5.97 Å². The van der Waals surface area contributed by atoms with Crippen molar-refractivity contribution in [3.05, 3.63) is 33.9 Å². The van der Waals surface area contributed by atoms with Gasteiger partial charge < -0.3 is 5.11 Å². The highest BCUT2D eigenvalue weighted by atomic mass is 127. The van der Waals surface area contributed by atoms with Gasteiger partial charge in [-0.1, -0.05) is 0 Å². The van der Waals surface area contributed by atoms with Crippen LogP contribution in [-0.4, -0.2) is 30.8 Å². The number of hydrogen-bond acceptors (Lipinski definition) is 4. The van der Waals surface area contributed by atoms with Crippen LogP contribution in [-0.2, 0) is 0 Å². The van der Waals surface area contributed by atoms with Crippen molar-refractivity contribution >= 4 is 28.6 Å². The predicted molar refractivity (Wildman–Crippen MR) is 58.8 cm³/mol. The number of aromatic carboxylic acids is 1. The van der Waals surface area contributed by atoms with Gasteiger partial charge in [-0.2, -0.15) is 9.78 Å². The molecule has 0 spiro atoms. The molecular formula is C8H5IN4O2. The molecule has 76 valence electrons. The Labute approximate surface area is 98.1 Å². The Balaban J connectivity index is 2.52. The Morgan fingerprint density at radius 2 is 2.07 bits per heavy atom. The van der Waals surface area contributed by atoms with E-state index in [0.29, 0.717) is 9.65 Å². The molecule has 2 heterocycles. The summed E-state index contributed by atoms with van der Waals surface area (Å²) < 4.78 is 1.86. The summed E-state index contributed by atoms with van der Waals surface area (Å²) in [6, 6.07) is 1.68. The number of carbonyl (C=O) groups is 1. The minimum Gasteiger partial charge on any atom is -0.478 e. The van der Waals surface area contributed by atoms with E-state index in [2.05, 4.69) is 15.1 Å². The second-order valence-corrected chi connectivity index (χ2v) is 3.64. The minimum atomic E-state index is -1.01. The number of rotatable bonds is 2. The van der Waals surface area contributed by atoms with Crippen molar-refractivity contribution in [1.29, 1.82) is 0 Å². The molecule has 2 aromatic rings. The normalized spacial score (nSPS) is 10.2. The van der Waals surface area contributed by atoms with Crippen molar-refractivity contribution in [3.63, 3.8) is 0 Å². The van der Waals surface area contributed by atoms with Gasteiger partial charge in [-0.25, -0.2) is 14.8 Å². The number of carboxylic acids is 1. The molecule has 7 heteroatoms. The Kier molecular flexibility index (Phi) is 2.62. The predicted octanol–water partition coefficient (Wildman–Crippen LogP) is 0.965. The van der Waals surface area contributed by atoms with Crippen LogP contribution in [0.1, 0.15) is 10.4 Å². The second kappa shape index (κ2) is 3.93. The second-order valence-electron chi connectivity index (χ2n) is 2.61. The van der Waals surface area contributed by atoms with Crippen LogP contribution in [0.5, 0.6) is 0 Å². The van der Waals surface area contributed by atoms with Gasteiger partial charge in [0.05, 0.1) is 6.20 Å². The van der Waals surface area contributed by atoms with Crippen molar-refractivity contribution in [2.45, 2.75) is 0 Å². The van der Waals surface area contributed by atoms with Crippen LogP contribution in [0.4, 0.5) is 0 Å². The van der Waals surface area contributed by atoms with Crippen molar-refractivity contribution < 1.29 is 9.90 Å². The lowest BCUT2D eigenvalue weighted by Crippen LogP contribution is -2.05. The Hall–Kier alpha value is -1.51. The molecule has 2 aromatic heterocycles. The first kappa shape index (κ1) is 10.0.